The van der Waals surface area contributed by atoms with Gasteiger partial charge in [0.05, 0.1) is 0 Å². The molecule has 0 aromatic heterocycles. The number of hydrogen-bond donors (Lipinski definition) is 2. The first-order valence-electron chi connectivity index (χ1n) is 7.76. The van der Waals surface area contributed by atoms with E-state index in [1.807, 2.05) is 6.08 Å². The van der Waals surface area contributed by atoms with Crippen LogP contribution in [-0.4, -0.2) is 43.6 Å². The minimum atomic E-state index is 0. The number of nitrogens with one attached hydrogen (secondary N) is 2. The zero-order valence-electron chi connectivity index (χ0n) is 13.6. The maximum atomic E-state index is 4.24. The molecule has 0 aliphatic carbocycles. The molecule has 1 aliphatic heterocycles. The number of piperidine rings is 1. The highest BCUT2D eigenvalue weighted by Gasteiger charge is 2.19. The van der Waals surface area contributed by atoms with Crippen molar-refractivity contribution in [3.05, 3.63) is 47.0 Å². The number of aliphatic imine (C=N–C) groups is 1. The van der Waals surface area contributed by atoms with Crippen LogP contribution in [0.3, 0.4) is 0 Å². The van der Waals surface area contributed by atoms with Crippen LogP contribution in [0.2, 0.25) is 0 Å². The van der Waals surface area contributed by atoms with Gasteiger partial charge in [-0.3, -0.25) is 9.89 Å². The van der Waals surface area contributed by atoms with E-state index in [0.29, 0.717) is 6.04 Å². The molecule has 0 spiro atoms. The van der Waals surface area contributed by atoms with Crippen molar-refractivity contribution < 1.29 is 0 Å². The normalized spacial score (nSPS) is 16.5. The van der Waals surface area contributed by atoms with E-state index in [9.17, 15) is 0 Å². The van der Waals surface area contributed by atoms with Crippen molar-refractivity contribution in [3.8, 4) is 0 Å². The fraction of sp³-hybridized carbons (Fsp3) is 0.471. The predicted octanol–water partition coefficient (Wildman–Crippen LogP) is 3.38. The summed E-state index contributed by atoms with van der Waals surface area (Å²) in [6, 6.07) is 9.10. The van der Waals surface area contributed by atoms with Crippen molar-refractivity contribution in [3.63, 3.8) is 0 Å². The first-order chi connectivity index (χ1) is 10.7. The molecule has 0 unspecified atom stereocenters. The zero-order valence-corrected chi connectivity index (χ0v) is 17.5. The van der Waals surface area contributed by atoms with E-state index in [1.165, 1.54) is 5.56 Å². The first kappa shape index (κ1) is 20.4. The van der Waals surface area contributed by atoms with E-state index in [2.05, 4.69) is 67.3 Å². The summed E-state index contributed by atoms with van der Waals surface area (Å²) in [5, 5.41) is 6.72. The average Bonchev–Trinajstić information content (AvgIpc) is 2.55. The lowest BCUT2D eigenvalue weighted by atomic mass is 10.0. The Morgan fingerprint density at radius 2 is 2.00 bits per heavy atom. The summed E-state index contributed by atoms with van der Waals surface area (Å²) in [5.74, 6) is 0.867. The van der Waals surface area contributed by atoms with Gasteiger partial charge in [-0.1, -0.05) is 34.1 Å². The van der Waals surface area contributed by atoms with Gasteiger partial charge in [-0.15, -0.1) is 30.6 Å². The van der Waals surface area contributed by atoms with Gasteiger partial charge in [-0.05, 0) is 30.5 Å². The van der Waals surface area contributed by atoms with Gasteiger partial charge in [-0.25, -0.2) is 0 Å². The molecule has 2 N–H and O–H groups in total. The van der Waals surface area contributed by atoms with Crippen LogP contribution in [0.5, 0.6) is 0 Å². The summed E-state index contributed by atoms with van der Waals surface area (Å²) in [5.41, 5.74) is 1.37. The lowest BCUT2D eigenvalue weighted by Gasteiger charge is -2.33. The Morgan fingerprint density at radius 3 is 2.57 bits per heavy atom. The Morgan fingerprint density at radius 1 is 1.35 bits per heavy atom. The van der Waals surface area contributed by atoms with Crippen LogP contribution in [0, 0.1) is 0 Å². The topological polar surface area (TPSA) is 39.7 Å². The second-order valence-electron chi connectivity index (χ2n) is 5.56. The lowest BCUT2D eigenvalue weighted by Crippen LogP contribution is -2.48. The second kappa shape index (κ2) is 11.0. The van der Waals surface area contributed by atoms with Gasteiger partial charge in [-0.2, -0.15) is 0 Å². The number of rotatable bonds is 5. The number of nitrogens with zero attached hydrogens (tertiary/aromatic N) is 2. The molecular weight excluding hydrogens is 467 g/mol. The zero-order chi connectivity index (χ0) is 15.8. The molecule has 2 rings (SSSR count). The molecular formula is C17H26BrIN4. The van der Waals surface area contributed by atoms with Gasteiger partial charge in [0.25, 0.3) is 0 Å². The van der Waals surface area contributed by atoms with Gasteiger partial charge < -0.3 is 10.6 Å². The van der Waals surface area contributed by atoms with E-state index >= 15 is 0 Å². The van der Waals surface area contributed by atoms with Crippen LogP contribution >= 0.6 is 39.9 Å². The van der Waals surface area contributed by atoms with E-state index in [4.69, 9.17) is 0 Å². The summed E-state index contributed by atoms with van der Waals surface area (Å²) < 4.78 is 1.14. The minimum absolute atomic E-state index is 0. The summed E-state index contributed by atoms with van der Waals surface area (Å²) in [6.45, 7) is 7.72. The molecule has 0 amide bonds. The molecule has 23 heavy (non-hydrogen) atoms. The molecule has 1 aromatic carbocycles. The molecule has 1 saturated heterocycles. The van der Waals surface area contributed by atoms with Gasteiger partial charge in [0.2, 0.25) is 0 Å². The highest BCUT2D eigenvalue weighted by Crippen LogP contribution is 2.16. The third-order valence-corrected chi connectivity index (χ3v) is 4.41. The fourth-order valence-corrected chi connectivity index (χ4v) is 2.90. The van der Waals surface area contributed by atoms with E-state index in [0.717, 1.165) is 49.5 Å². The van der Waals surface area contributed by atoms with Crippen molar-refractivity contribution in [2.45, 2.75) is 25.4 Å². The van der Waals surface area contributed by atoms with Gasteiger partial charge >= 0.3 is 0 Å². The van der Waals surface area contributed by atoms with E-state index < -0.39 is 0 Å². The van der Waals surface area contributed by atoms with Crippen molar-refractivity contribution in [2.24, 2.45) is 4.99 Å². The van der Waals surface area contributed by atoms with E-state index in [1.54, 1.807) is 7.05 Å². The van der Waals surface area contributed by atoms with E-state index in [-0.39, 0.29) is 24.0 Å². The van der Waals surface area contributed by atoms with Crippen molar-refractivity contribution in [1.29, 1.82) is 0 Å². The molecule has 6 heteroatoms. The van der Waals surface area contributed by atoms with Crippen LogP contribution in [0.4, 0.5) is 0 Å². The largest absolute Gasteiger partial charge is 0.354 e. The number of guanidine groups is 1. The maximum absolute atomic E-state index is 4.24. The third-order valence-electron chi connectivity index (χ3n) is 3.89. The van der Waals surface area contributed by atoms with Gasteiger partial charge in [0, 0.05) is 43.7 Å². The quantitative estimate of drug-likeness (QED) is 0.286. The Hall–Kier alpha value is -0.600. The molecule has 1 fully saturated rings. The summed E-state index contributed by atoms with van der Waals surface area (Å²) >= 11 is 3.48. The highest BCUT2D eigenvalue weighted by atomic mass is 127. The van der Waals surface area contributed by atoms with Crippen molar-refractivity contribution in [2.75, 3.05) is 26.7 Å². The molecule has 0 radical (unpaired) electrons. The van der Waals surface area contributed by atoms with Gasteiger partial charge in [0.15, 0.2) is 5.96 Å². The highest BCUT2D eigenvalue weighted by molar-refractivity contribution is 14.0. The molecule has 1 aliphatic rings. The molecule has 128 valence electrons. The number of halogens is 2. The number of hydrogen-bond acceptors (Lipinski definition) is 2. The smallest absolute Gasteiger partial charge is 0.191 e. The Kier molecular flexibility index (Phi) is 9.81. The van der Waals surface area contributed by atoms with Gasteiger partial charge in [0.1, 0.15) is 0 Å². The number of likely N-dealkylation sites (tertiary alicyclic amines) is 1. The fourth-order valence-electron chi connectivity index (χ4n) is 2.64. The molecule has 1 aromatic rings. The van der Waals surface area contributed by atoms with Crippen molar-refractivity contribution >= 4 is 45.9 Å². The minimum Gasteiger partial charge on any atom is -0.354 e. The molecule has 0 bridgehead atoms. The van der Waals surface area contributed by atoms with Crippen LogP contribution in [0.1, 0.15) is 18.4 Å². The molecule has 0 atom stereocenters. The summed E-state index contributed by atoms with van der Waals surface area (Å²) in [6.07, 6.45) is 4.13. The molecule has 1 heterocycles. The predicted molar refractivity (Wildman–Crippen MR) is 113 cm³/mol. The first-order valence-corrected chi connectivity index (χ1v) is 8.55. The average molecular weight is 493 g/mol. The van der Waals surface area contributed by atoms with Crippen LogP contribution in [-0.2, 0) is 6.54 Å². The van der Waals surface area contributed by atoms with Crippen LogP contribution in [0.25, 0.3) is 0 Å². The maximum Gasteiger partial charge on any atom is 0.191 e. The SMILES string of the molecule is C=CCNC(=NC)NC1CCN(Cc2ccc(Br)cc2)CC1.I. The summed E-state index contributed by atoms with van der Waals surface area (Å²) in [7, 11) is 1.81. The molecule has 0 saturated carbocycles. The van der Waals surface area contributed by atoms with Crippen LogP contribution in [0.15, 0.2) is 46.4 Å². The lowest BCUT2D eigenvalue weighted by molar-refractivity contribution is 0.198. The number of benzene rings is 1. The Labute approximate surface area is 165 Å². The Balaban J connectivity index is 0.00000264. The monoisotopic (exact) mass is 492 g/mol. The van der Waals surface area contributed by atoms with Crippen LogP contribution < -0.4 is 10.6 Å². The second-order valence-corrected chi connectivity index (χ2v) is 6.48. The van der Waals surface area contributed by atoms with Crippen molar-refractivity contribution in [1.82, 2.24) is 15.5 Å². The third kappa shape index (κ3) is 7.22. The standard InChI is InChI=1S/C17H25BrN4.HI/c1-3-10-20-17(19-2)21-16-8-11-22(12-9-16)13-14-4-6-15(18)7-5-14;/h3-7,16H,1,8-13H2,2H3,(H2,19,20,21);1H. The Bertz CT molecular complexity index is 496. The molecule has 4 nitrogen and oxygen atoms in total. The summed E-state index contributed by atoms with van der Waals surface area (Å²) in [4.78, 5) is 6.76.